The first-order chi connectivity index (χ1) is 13.4. The Morgan fingerprint density at radius 3 is 2.54 bits per heavy atom. The van der Waals surface area contributed by atoms with Crippen molar-refractivity contribution in [2.45, 2.75) is 34.2 Å². The number of aromatic nitrogens is 1. The van der Waals surface area contributed by atoms with Gasteiger partial charge in [0.1, 0.15) is 11.2 Å². The highest BCUT2D eigenvalue weighted by molar-refractivity contribution is 7.07. The van der Waals surface area contributed by atoms with Crippen LogP contribution in [0.2, 0.25) is 0 Å². The van der Waals surface area contributed by atoms with Crippen molar-refractivity contribution >= 4 is 35.4 Å². The molecular weight excluding hydrogens is 376 g/mol. The van der Waals surface area contributed by atoms with Gasteiger partial charge in [0.05, 0.1) is 17.2 Å². The lowest BCUT2D eigenvalue weighted by molar-refractivity contribution is -0.135. The van der Waals surface area contributed by atoms with Crippen molar-refractivity contribution in [2.75, 3.05) is 19.7 Å². The van der Waals surface area contributed by atoms with Crippen molar-refractivity contribution in [2.24, 2.45) is 0 Å². The summed E-state index contributed by atoms with van der Waals surface area (Å²) in [7, 11) is 0. The number of aryl methyl sites for hydroxylation is 1. The Bertz CT molecular complexity index is 1020. The summed E-state index contributed by atoms with van der Waals surface area (Å²) in [5.41, 5.74) is 1.69. The highest BCUT2D eigenvalue weighted by atomic mass is 32.1. The number of thiazole rings is 1. The number of nitrogens with zero attached hydrogens (tertiary/aromatic N) is 2. The first-order valence-electron chi connectivity index (χ1n) is 9.33. The molecule has 0 aliphatic carbocycles. The third-order valence-electron chi connectivity index (χ3n) is 4.21. The van der Waals surface area contributed by atoms with Crippen LogP contribution in [0.4, 0.5) is 0 Å². The molecule has 2 rings (SSSR count). The summed E-state index contributed by atoms with van der Waals surface area (Å²) in [6, 6.07) is 7.78. The van der Waals surface area contributed by atoms with E-state index < -0.39 is 5.97 Å². The van der Waals surface area contributed by atoms with Crippen LogP contribution in [0.25, 0.3) is 12.2 Å². The Hall–Kier alpha value is -2.67. The third-order valence-corrected chi connectivity index (χ3v) is 5.27. The summed E-state index contributed by atoms with van der Waals surface area (Å²) in [4.78, 5) is 39.1. The molecule has 0 fully saturated rings. The third kappa shape index (κ3) is 5.42. The number of esters is 1. The first-order valence-corrected chi connectivity index (χ1v) is 10.2. The number of benzene rings is 1. The minimum atomic E-state index is -0.533. The molecule has 0 N–H and O–H groups in total. The first kappa shape index (κ1) is 21.6. The Labute approximate surface area is 168 Å². The normalized spacial score (nSPS) is 12.3. The van der Waals surface area contributed by atoms with Crippen LogP contribution in [-0.4, -0.2) is 41.0 Å². The van der Waals surface area contributed by atoms with E-state index in [1.165, 1.54) is 22.0 Å². The Kier molecular flexibility index (Phi) is 7.75. The quantitative estimate of drug-likeness (QED) is 0.654. The van der Waals surface area contributed by atoms with E-state index in [1.54, 1.807) is 17.9 Å². The Balaban J connectivity index is 2.58. The van der Waals surface area contributed by atoms with Gasteiger partial charge in [0, 0.05) is 13.1 Å². The Morgan fingerprint density at radius 1 is 1.21 bits per heavy atom. The van der Waals surface area contributed by atoms with E-state index in [1.807, 2.05) is 45.0 Å². The number of rotatable bonds is 7. The highest BCUT2D eigenvalue weighted by Crippen LogP contribution is 2.04. The molecular formula is C21H26N2O4S. The summed E-state index contributed by atoms with van der Waals surface area (Å²) in [6.07, 6.45) is 3.06. The molecule has 1 heterocycles. The van der Waals surface area contributed by atoms with Crippen molar-refractivity contribution < 1.29 is 14.3 Å². The van der Waals surface area contributed by atoms with Gasteiger partial charge >= 0.3 is 5.97 Å². The molecule has 0 atom stereocenters. The molecule has 0 unspecified atom stereocenters. The second kappa shape index (κ2) is 10.0. The maximum absolute atomic E-state index is 13.0. The second-order valence-electron chi connectivity index (χ2n) is 6.22. The maximum atomic E-state index is 13.0. The number of amides is 1. The molecule has 6 nitrogen and oxygen atoms in total. The average molecular weight is 403 g/mol. The van der Waals surface area contributed by atoms with E-state index in [9.17, 15) is 14.4 Å². The van der Waals surface area contributed by atoms with Gasteiger partial charge in [-0.3, -0.25) is 14.2 Å². The van der Waals surface area contributed by atoms with Crippen molar-refractivity contribution in [1.29, 1.82) is 0 Å². The van der Waals surface area contributed by atoms with Crippen LogP contribution in [0.5, 0.6) is 0 Å². The van der Waals surface area contributed by atoms with Gasteiger partial charge in [-0.1, -0.05) is 29.8 Å². The van der Waals surface area contributed by atoms with Gasteiger partial charge in [0.15, 0.2) is 0 Å². The lowest BCUT2D eigenvalue weighted by Gasteiger charge is -2.18. The predicted octanol–water partition coefficient (Wildman–Crippen LogP) is 1.26. The number of ether oxygens (including phenoxy) is 1. The minimum absolute atomic E-state index is 0.107. The second-order valence-corrected chi connectivity index (χ2v) is 7.28. The van der Waals surface area contributed by atoms with E-state index in [0.29, 0.717) is 22.3 Å². The molecule has 2 aromatic rings. The molecule has 1 aromatic carbocycles. The highest BCUT2D eigenvalue weighted by Gasteiger charge is 2.14. The molecule has 150 valence electrons. The molecule has 0 saturated heterocycles. The summed E-state index contributed by atoms with van der Waals surface area (Å²) < 4.78 is 7.19. The zero-order chi connectivity index (χ0) is 20.7. The zero-order valence-electron chi connectivity index (χ0n) is 16.7. The van der Waals surface area contributed by atoms with Crippen LogP contribution in [-0.2, 0) is 20.9 Å². The lowest BCUT2D eigenvalue weighted by Crippen LogP contribution is -2.40. The number of hydrogen-bond donors (Lipinski definition) is 0. The summed E-state index contributed by atoms with van der Waals surface area (Å²) in [5.74, 6) is -0.694. The SMILES string of the molecule is CCOC(=O)/C=c1\s/c(=C\c2cccc(C)c2)c(=O)n1CC(=O)N(CC)CC. The standard InChI is InChI=1S/C21H26N2O4S/c1-5-22(6-2)18(24)14-23-19(13-20(25)27-7-3)28-17(21(23)26)12-16-10-8-9-15(4)11-16/h8-13H,5-7,14H2,1-4H3/b17-12-,19-13-. The van der Waals surface area contributed by atoms with E-state index in [2.05, 4.69) is 0 Å². The predicted molar refractivity (Wildman–Crippen MR) is 112 cm³/mol. The van der Waals surface area contributed by atoms with E-state index in [-0.39, 0.29) is 24.6 Å². The summed E-state index contributed by atoms with van der Waals surface area (Å²) >= 11 is 1.18. The maximum Gasteiger partial charge on any atom is 0.333 e. The van der Waals surface area contributed by atoms with Gasteiger partial charge in [-0.25, -0.2) is 4.79 Å². The zero-order valence-corrected chi connectivity index (χ0v) is 17.5. The summed E-state index contributed by atoms with van der Waals surface area (Å²) in [5, 5.41) is 0. The molecule has 0 bridgehead atoms. The van der Waals surface area contributed by atoms with Gasteiger partial charge < -0.3 is 9.64 Å². The number of carbonyl (C=O) groups is 2. The monoisotopic (exact) mass is 402 g/mol. The molecule has 7 heteroatoms. The van der Waals surface area contributed by atoms with Crippen molar-refractivity contribution in [3.05, 3.63) is 54.9 Å². The molecule has 0 spiro atoms. The topological polar surface area (TPSA) is 68.6 Å². The fourth-order valence-electron chi connectivity index (χ4n) is 2.80. The van der Waals surface area contributed by atoms with Gasteiger partial charge in [-0.15, -0.1) is 11.3 Å². The molecule has 1 aromatic heterocycles. The lowest BCUT2D eigenvalue weighted by atomic mass is 10.1. The average Bonchev–Trinajstić information content (AvgIpc) is 2.91. The van der Waals surface area contributed by atoms with Gasteiger partial charge in [-0.2, -0.15) is 0 Å². The molecule has 0 radical (unpaired) electrons. The number of carbonyl (C=O) groups excluding carboxylic acids is 2. The van der Waals surface area contributed by atoms with Crippen molar-refractivity contribution in [3.63, 3.8) is 0 Å². The van der Waals surface area contributed by atoms with Crippen LogP contribution >= 0.6 is 11.3 Å². The van der Waals surface area contributed by atoms with Crippen LogP contribution in [0.3, 0.4) is 0 Å². The minimum Gasteiger partial charge on any atom is -0.463 e. The smallest absolute Gasteiger partial charge is 0.333 e. The number of hydrogen-bond acceptors (Lipinski definition) is 5. The summed E-state index contributed by atoms with van der Waals surface area (Å²) in [6.45, 7) is 8.73. The fraction of sp³-hybridized carbons (Fsp3) is 0.381. The molecule has 1 amide bonds. The van der Waals surface area contributed by atoms with Crippen LogP contribution < -0.4 is 14.8 Å². The van der Waals surface area contributed by atoms with E-state index in [4.69, 9.17) is 4.74 Å². The van der Waals surface area contributed by atoms with Gasteiger partial charge in [0.2, 0.25) is 5.91 Å². The van der Waals surface area contributed by atoms with Crippen molar-refractivity contribution in [3.8, 4) is 0 Å². The Morgan fingerprint density at radius 2 is 1.93 bits per heavy atom. The van der Waals surface area contributed by atoms with Crippen LogP contribution in [0, 0.1) is 6.92 Å². The molecule has 28 heavy (non-hydrogen) atoms. The fourth-order valence-corrected chi connectivity index (χ4v) is 3.83. The van der Waals surface area contributed by atoms with Crippen LogP contribution in [0.1, 0.15) is 31.9 Å². The van der Waals surface area contributed by atoms with Gasteiger partial charge in [-0.05, 0) is 39.3 Å². The van der Waals surface area contributed by atoms with Gasteiger partial charge in [0.25, 0.3) is 5.56 Å². The number of likely N-dealkylation sites (N-methyl/N-ethyl adjacent to an activating group) is 1. The van der Waals surface area contributed by atoms with E-state index in [0.717, 1.165) is 11.1 Å². The molecule has 0 aliphatic heterocycles. The molecule has 0 aliphatic rings. The molecule has 0 saturated carbocycles. The van der Waals surface area contributed by atoms with Crippen LogP contribution in [0.15, 0.2) is 29.1 Å². The largest absolute Gasteiger partial charge is 0.463 e. The van der Waals surface area contributed by atoms with Crippen molar-refractivity contribution in [1.82, 2.24) is 9.47 Å². The van der Waals surface area contributed by atoms with E-state index >= 15 is 0 Å².